The van der Waals surface area contributed by atoms with E-state index < -0.39 is 9.28 Å². The van der Waals surface area contributed by atoms with Crippen molar-refractivity contribution in [3.8, 4) is 0 Å². The summed E-state index contributed by atoms with van der Waals surface area (Å²) in [6, 6.07) is 8.61. The van der Waals surface area contributed by atoms with Crippen LogP contribution in [0.3, 0.4) is 0 Å². The average Bonchev–Trinajstić information content (AvgIpc) is 2.41. The first-order valence-electron chi connectivity index (χ1n) is 7.00. The van der Waals surface area contributed by atoms with Crippen LogP contribution in [0.2, 0.25) is 0 Å². The fourth-order valence-electron chi connectivity index (χ4n) is 2.23. The Bertz CT molecular complexity index is 331. The quantitative estimate of drug-likeness (QED) is 0.671. The maximum absolute atomic E-state index is 5.83. The molecule has 0 aromatic heterocycles. The Morgan fingerprint density at radius 2 is 1.50 bits per heavy atom. The van der Waals surface area contributed by atoms with E-state index in [1.165, 1.54) is 23.6 Å². The SMILES string of the molecule is CCO[Si](OCC)c1ccccc1C(CC)CC. The van der Waals surface area contributed by atoms with Crippen LogP contribution in [0.5, 0.6) is 0 Å². The fourth-order valence-corrected chi connectivity index (χ4v) is 3.90. The van der Waals surface area contributed by atoms with Crippen LogP contribution >= 0.6 is 0 Å². The van der Waals surface area contributed by atoms with Gasteiger partial charge < -0.3 is 8.85 Å². The molecule has 0 aliphatic carbocycles. The maximum atomic E-state index is 5.83. The minimum atomic E-state index is -1.32. The smallest absolute Gasteiger partial charge is 0.390 e. The van der Waals surface area contributed by atoms with Crippen molar-refractivity contribution < 1.29 is 8.85 Å². The largest absolute Gasteiger partial charge is 0.423 e. The first-order valence-corrected chi connectivity index (χ1v) is 8.31. The van der Waals surface area contributed by atoms with E-state index >= 15 is 0 Å². The predicted molar refractivity (Wildman–Crippen MR) is 78.4 cm³/mol. The molecule has 0 fully saturated rings. The molecule has 0 heterocycles. The third-order valence-corrected chi connectivity index (χ3v) is 5.15. The summed E-state index contributed by atoms with van der Waals surface area (Å²) in [6.45, 7) is 9.99. The van der Waals surface area contributed by atoms with Crippen molar-refractivity contribution in [3.63, 3.8) is 0 Å². The summed E-state index contributed by atoms with van der Waals surface area (Å²) in [7, 11) is -1.32. The summed E-state index contributed by atoms with van der Waals surface area (Å²) in [4.78, 5) is 0. The van der Waals surface area contributed by atoms with Crippen molar-refractivity contribution in [3.05, 3.63) is 29.8 Å². The predicted octanol–water partition coefficient (Wildman–Crippen LogP) is 3.36. The van der Waals surface area contributed by atoms with Gasteiger partial charge >= 0.3 is 9.28 Å². The molecule has 0 saturated carbocycles. The molecular weight excluding hydrogens is 240 g/mol. The molecule has 1 aromatic rings. The summed E-state index contributed by atoms with van der Waals surface area (Å²) in [5, 5.41) is 1.29. The van der Waals surface area contributed by atoms with E-state index in [0.717, 1.165) is 0 Å². The Morgan fingerprint density at radius 3 is 2.00 bits per heavy atom. The first kappa shape index (κ1) is 15.4. The van der Waals surface area contributed by atoms with Crippen molar-refractivity contribution in [2.75, 3.05) is 13.2 Å². The molecule has 0 N–H and O–H groups in total. The zero-order valence-electron chi connectivity index (χ0n) is 12.0. The van der Waals surface area contributed by atoms with Gasteiger partial charge in [-0.3, -0.25) is 0 Å². The second kappa shape index (κ2) is 8.46. The highest BCUT2D eigenvalue weighted by atomic mass is 28.3. The fraction of sp³-hybridized carbons (Fsp3) is 0.600. The number of benzene rings is 1. The lowest BCUT2D eigenvalue weighted by Gasteiger charge is -2.21. The third kappa shape index (κ3) is 3.94. The van der Waals surface area contributed by atoms with Gasteiger partial charge in [-0.15, -0.1) is 0 Å². The Hall–Kier alpha value is -0.643. The summed E-state index contributed by atoms with van der Waals surface area (Å²) in [6.07, 6.45) is 2.34. The van der Waals surface area contributed by atoms with Gasteiger partial charge in [-0.1, -0.05) is 38.1 Å². The highest BCUT2D eigenvalue weighted by Crippen LogP contribution is 2.21. The molecule has 0 amide bonds. The third-order valence-electron chi connectivity index (χ3n) is 3.16. The van der Waals surface area contributed by atoms with Crippen LogP contribution in [-0.2, 0) is 8.85 Å². The van der Waals surface area contributed by atoms with Gasteiger partial charge in [-0.05, 0) is 43.4 Å². The van der Waals surface area contributed by atoms with E-state index in [1.807, 2.05) is 13.8 Å². The molecule has 101 valence electrons. The second-order valence-electron chi connectivity index (χ2n) is 4.25. The Kier molecular flexibility index (Phi) is 7.24. The summed E-state index contributed by atoms with van der Waals surface area (Å²) in [5.74, 6) is 0.613. The molecule has 1 rings (SSSR count). The molecule has 0 spiro atoms. The van der Waals surface area contributed by atoms with Gasteiger partial charge in [0.2, 0.25) is 0 Å². The van der Waals surface area contributed by atoms with Crippen LogP contribution in [0.25, 0.3) is 0 Å². The minimum absolute atomic E-state index is 0.613. The van der Waals surface area contributed by atoms with Crippen LogP contribution in [0.4, 0.5) is 0 Å². The maximum Gasteiger partial charge on any atom is 0.423 e. The minimum Gasteiger partial charge on any atom is -0.390 e. The standard InChI is InChI=1S/C15H25O2Si/c1-5-13(6-2)14-11-9-10-12-15(14)18(16-7-3)17-8-4/h9-13H,5-8H2,1-4H3. The van der Waals surface area contributed by atoms with Gasteiger partial charge in [-0.2, -0.15) is 0 Å². The Balaban J connectivity index is 3.04. The van der Waals surface area contributed by atoms with Crippen LogP contribution in [0.15, 0.2) is 24.3 Å². The first-order chi connectivity index (χ1) is 8.78. The van der Waals surface area contributed by atoms with Crippen molar-refractivity contribution in [1.82, 2.24) is 0 Å². The monoisotopic (exact) mass is 265 g/mol. The number of hydrogen-bond donors (Lipinski definition) is 0. The molecule has 0 unspecified atom stereocenters. The molecular formula is C15H25O2Si. The zero-order chi connectivity index (χ0) is 13.4. The summed E-state index contributed by atoms with van der Waals surface area (Å²) in [5.41, 5.74) is 1.42. The molecule has 2 nitrogen and oxygen atoms in total. The van der Waals surface area contributed by atoms with E-state index in [0.29, 0.717) is 19.1 Å². The van der Waals surface area contributed by atoms with Crippen molar-refractivity contribution in [1.29, 1.82) is 0 Å². The zero-order valence-corrected chi connectivity index (χ0v) is 13.0. The van der Waals surface area contributed by atoms with Gasteiger partial charge in [0, 0.05) is 13.2 Å². The normalized spacial score (nSPS) is 11.4. The molecule has 0 saturated heterocycles. The van der Waals surface area contributed by atoms with Gasteiger partial charge in [0.25, 0.3) is 0 Å². The molecule has 0 aliphatic rings. The van der Waals surface area contributed by atoms with Gasteiger partial charge in [0.05, 0.1) is 0 Å². The van der Waals surface area contributed by atoms with Gasteiger partial charge in [0.1, 0.15) is 0 Å². The van der Waals surface area contributed by atoms with Crippen molar-refractivity contribution >= 4 is 14.5 Å². The van der Waals surface area contributed by atoms with Crippen LogP contribution in [-0.4, -0.2) is 22.5 Å². The van der Waals surface area contributed by atoms with E-state index in [9.17, 15) is 0 Å². The van der Waals surface area contributed by atoms with Crippen LogP contribution < -0.4 is 5.19 Å². The lowest BCUT2D eigenvalue weighted by molar-refractivity contribution is 0.225. The van der Waals surface area contributed by atoms with Crippen molar-refractivity contribution in [2.45, 2.75) is 46.5 Å². The molecule has 0 atom stereocenters. The van der Waals surface area contributed by atoms with E-state index in [1.54, 1.807) is 0 Å². The Labute approximate surface area is 113 Å². The summed E-state index contributed by atoms with van der Waals surface area (Å²) < 4.78 is 11.7. The highest BCUT2D eigenvalue weighted by molar-refractivity contribution is 6.61. The molecule has 1 aromatic carbocycles. The molecule has 0 aliphatic heterocycles. The lowest BCUT2D eigenvalue weighted by Crippen LogP contribution is -2.39. The van der Waals surface area contributed by atoms with E-state index in [2.05, 4.69) is 38.1 Å². The second-order valence-corrected chi connectivity index (χ2v) is 5.95. The number of hydrogen-bond acceptors (Lipinski definition) is 2. The number of rotatable bonds is 8. The summed E-state index contributed by atoms with van der Waals surface area (Å²) >= 11 is 0. The topological polar surface area (TPSA) is 18.5 Å². The molecule has 18 heavy (non-hydrogen) atoms. The lowest BCUT2D eigenvalue weighted by atomic mass is 9.94. The van der Waals surface area contributed by atoms with Crippen LogP contribution in [0, 0.1) is 0 Å². The van der Waals surface area contributed by atoms with Crippen molar-refractivity contribution in [2.24, 2.45) is 0 Å². The molecule has 3 heteroatoms. The van der Waals surface area contributed by atoms with E-state index in [4.69, 9.17) is 8.85 Å². The highest BCUT2D eigenvalue weighted by Gasteiger charge is 2.23. The van der Waals surface area contributed by atoms with E-state index in [-0.39, 0.29) is 0 Å². The molecule has 0 bridgehead atoms. The van der Waals surface area contributed by atoms with Gasteiger partial charge in [-0.25, -0.2) is 0 Å². The van der Waals surface area contributed by atoms with Gasteiger partial charge in [0.15, 0.2) is 0 Å². The van der Waals surface area contributed by atoms with Crippen LogP contribution in [0.1, 0.15) is 52.0 Å². The Morgan fingerprint density at radius 1 is 0.944 bits per heavy atom. The molecule has 1 radical (unpaired) electrons. The average molecular weight is 265 g/mol.